The minimum absolute atomic E-state index is 0. The number of hydrogen-bond acceptors (Lipinski definition) is 22. The summed E-state index contributed by atoms with van der Waals surface area (Å²) in [5, 5.41) is 70.5. The van der Waals surface area contributed by atoms with Crippen molar-refractivity contribution in [2.24, 2.45) is 23.1 Å². The first-order valence-corrected chi connectivity index (χ1v) is 26.4. The molecule has 0 aliphatic heterocycles. The van der Waals surface area contributed by atoms with Gasteiger partial charge in [-0.25, -0.2) is 24.9 Å². The molecule has 5 aromatic rings. The first kappa shape index (κ1) is 67.3. The van der Waals surface area contributed by atoms with Crippen LogP contribution < -0.4 is 64.8 Å². The fourth-order valence-corrected chi connectivity index (χ4v) is 9.07. The largest absolute Gasteiger partial charge is 0.635 e. The first-order valence-electron chi connectivity index (χ1n) is 24.6. The number of amides is 7. The number of carbonyl (C=O) groups is 7. The van der Waals surface area contributed by atoms with Crippen LogP contribution in [0.5, 0.6) is 0 Å². The minimum atomic E-state index is -1.95. The van der Waals surface area contributed by atoms with Crippen molar-refractivity contribution in [2.75, 3.05) is 31.9 Å². The number of hydrogen-bond donors (Lipinski definition) is 15. The van der Waals surface area contributed by atoms with Crippen LogP contribution in [0.25, 0.3) is 16.0 Å². The van der Waals surface area contributed by atoms with Crippen LogP contribution in [0.3, 0.4) is 0 Å². The minimum Gasteiger partial charge on any atom is -0.635 e. The van der Waals surface area contributed by atoms with Crippen molar-refractivity contribution >= 4 is 69.8 Å². The predicted octanol–water partition coefficient (Wildman–Crippen LogP) is -2.13. The molecule has 0 unspecified atom stereocenters. The molecule has 80 heavy (non-hydrogen) atoms. The Bertz CT molecular complexity index is 2810. The van der Waals surface area contributed by atoms with Crippen LogP contribution in [0.2, 0.25) is 0 Å². The number of aromatic nitrogens is 6. The molecule has 20 N–H and O–H groups in total. The molecule has 32 heteroatoms. The van der Waals surface area contributed by atoms with Gasteiger partial charge in [-0.2, -0.15) is 0 Å². The fraction of sp³-hybridized carbons (Fsp3) is 0.458. The zero-order valence-corrected chi connectivity index (χ0v) is 46.8. The van der Waals surface area contributed by atoms with Crippen molar-refractivity contribution in [1.82, 2.24) is 56.8 Å². The number of imidazole rings is 1. The Hall–Kier alpha value is -6.95. The molecule has 29 nitrogen and oxygen atoms in total. The van der Waals surface area contributed by atoms with Crippen LogP contribution >= 0.6 is 22.7 Å². The number of carbonyl (C=O) groups excluding carboxylic acids is 7. The molecule has 7 amide bonds. The number of aromatic amines is 1. The average molecular weight is 1200 g/mol. The van der Waals surface area contributed by atoms with Crippen molar-refractivity contribution in [3.63, 3.8) is 0 Å². The Morgan fingerprint density at radius 3 is 2.17 bits per heavy atom. The van der Waals surface area contributed by atoms with Crippen molar-refractivity contribution in [1.29, 1.82) is 0 Å². The van der Waals surface area contributed by atoms with E-state index in [2.05, 4.69) is 86.2 Å². The van der Waals surface area contributed by atoms with E-state index in [0.717, 1.165) is 13.0 Å². The molecule has 439 valence electrons. The zero-order valence-electron chi connectivity index (χ0n) is 44.2. The Kier molecular flexibility index (Phi) is 27.7. The number of benzene rings is 1. The van der Waals surface area contributed by atoms with E-state index >= 15 is 0 Å². The third-order valence-electron chi connectivity index (χ3n) is 12.1. The van der Waals surface area contributed by atoms with Crippen molar-refractivity contribution in [3.05, 3.63) is 98.0 Å². The Labute approximate surface area is 477 Å². The van der Waals surface area contributed by atoms with Gasteiger partial charge in [0, 0.05) is 77.8 Å². The van der Waals surface area contributed by atoms with Crippen LogP contribution in [0.15, 0.2) is 53.6 Å². The van der Waals surface area contributed by atoms with Crippen molar-refractivity contribution in [2.45, 2.75) is 108 Å². The maximum absolute atomic E-state index is 13.9. The van der Waals surface area contributed by atoms with Crippen LogP contribution in [0.4, 0.5) is 5.82 Å². The molecule has 1 aromatic carbocycles. The standard InChI is InChI=1S/C48H67N17O10S2.Co.H2O2/c1-22-35(62-42(65-40(22)51)29(16-33(50)67)57-17-28(49)41(52)70)46(74)64-37(39(69)30-18-53-21-58-30)47(75)59-25(4)38(68)23(2)43(71)63-36(26(5)66)45(73)56-15-12-34-60-32(20-76-34)48-61-31(19-77-48)44(72)55-14-9-13-54-24(3)27-10-7-6-8-11-27;;1-2/h6-8,10-11,18-21,23-26,28-29,36-39,54,57,66,68-69H,9,12-17,49H2,1-5H3,(H12,50,51,52,53,55,56,58,59,62,63,64,65,67,70,71,72,73,74,75);;1-2H/p-1/t23-,24-,25+,26+,28-,29-,36-,37-,38-,39-;;/m0../s1. The van der Waals surface area contributed by atoms with Gasteiger partial charge < -0.3 is 85.3 Å². The number of nitrogens with one attached hydrogen (secondary N) is 7. The summed E-state index contributed by atoms with van der Waals surface area (Å²) in [6.45, 7) is 8.43. The Morgan fingerprint density at radius 2 is 1.54 bits per heavy atom. The van der Waals surface area contributed by atoms with Gasteiger partial charge in [-0.05, 0) is 52.3 Å². The molecule has 4 aromatic heterocycles. The number of rotatable bonds is 30. The van der Waals surface area contributed by atoms with Gasteiger partial charge in [0.05, 0.1) is 65.1 Å². The summed E-state index contributed by atoms with van der Waals surface area (Å²) in [5.74, 6) is -7.61. The zero-order chi connectivity index (χ0) is 58.5. The first-order chi connectivity index (χ1) is 37.6. The fourth-order valence-electron chi connectivity index (χ4n) is 7.45. The topological polar surface area (TPSA) is 491 Å². The second-order valence-corrected chi connectivity index (χ2v) is 19.9. The van der Waals surface area contributed by atoms with E-state index in [1.807, 2.05) is 18.2 Å². The number of nitrogen functional groups attached to an aromatic ring is 1. The maximum atomic E-state index is 13.9. The van der Waals surface area contributed by atoms with E-state index in [0.29, 0.717) is 22.3 Å². The van der Waals surface area contributed by atoms with E-state index in [-0.39, 0.29) is 76.8 Å². The number of nitrogens with zero attached hydrogens (tertiary/aromatic N) is 6. The molecule has 0 aliphatic rings. The predicted molar refractivity (Wildman–Crippen MR) is 287 cm³/mol. The normalized spacial score (nSPS) is 14.8. The van der Waals surface area contributed by atoms with Crippen LogP contribution in [0.1, 0.15) is 107 Å². The second-order valence-electron chi connectivity index (χ2n) is 18.1. The number of aliphatic hydroxyl groups excluding tert-OH is 3. The van der Waals surface area contributed by atoms with Crippen LogP contribution in [0, 0.1) is 12.8 Å². The molecule has 0 spiro atoms. The molecular formula is C48H68CoN17O12S2-. The van der Waals surface area contributed by atoms with E-state index in [4.69, 9.17) is 33.4 Å². The molecule has 0 fully saturated rings. The van der Waals surface area contributed by atoms with Gasteiger partial charge in [0.25, 0.3) is 5.91 Å². The number of anilines is 1. The maximum Gasteiger partial charge on any atom is 0.270 e. The molecule has 1 radical (unpaired) electrons. The van der Waals surface area contributed by atoms with Gasteiger partial charge >= 0.3 is 0 Å². The second kappa shape index (κ2) is 33.0. The third-order valence-corrected chi connectivity index (χ3v) is 13.9. The summed E-state index contributed by atoms with van der Waals surface area (Å²) < 4.78 is 0. The summed E-state index contributed by atoms with van der Waals surface area (Å²) in [6, 6.07) is 3.27. The molecular weight excluding hydrogens is 1130 g/mol. The molecule has 0 aliphatic carbocycles. The monoisotopic (exact) mass is 1200 g/mol. The van der Waals surface area contributed by atoms with Gasteiger partial charge in [-0.15, -0.1) is 22.7 Å². The summed E-state index contributed by atoms with van der Waals surface area (Å²) in [4.78, 5) is 115. The van der Waals surface area contributed by atoms with E-state index in [9.17, 15) is 48.9 Å². The van der Waals surface area contributed by atoms with Gasteiger partial charge in [-0.3, -0.25) is 39.3 Å². The van der Waals surface area contributed by atoms with Crippen LogP contribution in [-0.2, 0) is 47.2 Å². The van der Waals surface area contributed by atoms with E-state index < -0.39 is 102 Å². The van der Waals surface area contributed by atoms with Gasteiger partial charge in [-0.1, -0.05) is 37.3 Å². The van der Waals surface area contributed by atoms with Crippen molar-refractivity contribution < 1.29 is 81.2 Å². The summed E-state index contributed by atoms with van der Waals surface area (Å²) in [7, 11) is 0. The Morgan fingerprint density at radius 1 is 0.838 bits per heavy atom. The van der Waals surface area contributed by atoms with E-state index in [1.165, 1.54) is 68.5 Å². The molecule has 0 saturated carbocycles. The number of thiazole rings is 2. The molecule has 0 bridgehead atoms. The number of primary amides is 2. The molecule has 5 rings (SSSR count). The van der Waals surface area contributed by atoms with Crippen molar-refractivity contribution in [3.8, 4) is 10.7 Å². The third kappa shape index (κ3) is 19.7. The quantitative estimate of drug-likeness (QED) is 0.0133. The summed E-state index contributed by atoms with van der Waals surface area (Å²) in [6.07, 6.45) is -1.86. The average Bonchev–Trinajstić information content (AvgIpc) is 4.25. The Balaban J connectivity index is 0.00000554. The number of H-pyrrole nitrogens is 1. The molecule has 10 atom stereocenters. The SMILES string of the molecule is Cc1c(N)nc([C@H](CC(N)=O)NC[C@H](N)C(N)=O)nc1C(=O)[N-][C@H](C(=O)N[C@H](C)[C@@H](O)[C@H](C)C(=O)N[C@H](C(=O)NCCc1nc(-c2nc(C(=O)NCCCN[C@@H](C)c3ccccc3)cs2)cs1)[C@@H](C)O)[C@@H](O)c1c[nH+]c[n-]1.OO.[Co]. The summed E-state index contributed by atoms with van der Waals surface area (Å²) >= 11 is 2.59. The summed E-state index contributed by atoms with van der Waals surface area (Å²) in [5.41, 5.74) is 24.0. The number of nitrogens with two attached hydrogens (primary N) is 4. The molecule has 0 saturated heterocycles. The van der Waals surface area contributed by atoms with Gasteiger partial charge in [0.1, 0.15) is 40.0 Å². The molecule has 4 heterocycles. The van der Waals surface area contributed by atoms with Gasteiger partial charge in [0.2, 0.25) is 29.5 Å². The number of aliphatic hydroxyl groups is 3. The smallest absolute Gasteiger partial charge is 0.270 e. The van der Waals surface area contributed by atoms with E-state index in [1.54, 1.807) is 10.8 Å². The van der Waals surface area contributed by atoms with Crippen LogP contribution in [-0.4, -0.2) is 150 Å². The van der Waals surface area contributed by atoms with Gasteiger partial charge in [0.15, 0.2) is 0 Å².